The van der Waals surface area contributed by atoms with Gasteiger partial charge in [0.25, 0.3) is 0 Å². The number of aliphatic carboxylic acids is 1. The minimum atomic E-state index is -1.44. The normalized spacial score (nSPS) is 17.8. The van der Waals surface area contributed by atoms with Gasteiger partial charge in [-0.25, -0.2) is 0 Å². The van der Waals surface area contributed by atoms with E-state index in [9.17, 15) is 15.0 Å². The van der Waals surface area contributed by atoms with Crippen molar-refractivity contribution in [2.45, 2.75) is 32.3 Å². The number of carbonyl (C=O) groups is 1. The molecule has 2 N–H and O–H groups in total. The molecule has 1 aromatic carbocycles. The average molecular weight is 266 g/mol. The second kappa shape index (κ2) is 5.09. The summed E-state index contributed by atoms with van der Waals surface area (Å²) in [5.41, 5.74) is -0.916. The molecule has 0 spiro atoms. The summed E-state index contributed by atoms with van der Waals surface area (Å²) in [7, 11) is 0. The van der Waals surface area contributed by atoms with Crippen molar-refractivity contribution in [3.05, 3.63) is 23.8 Å². The van der Waals surface area contributed by atoms with Crippen molar-refractivity contribution in [1.82, 2.24) is 0 Å². The number of carboxylic acid groups (broad SMARTS) is 1. The van der Waals surface area contributed by atoms with Gasteiger partial charge in [0.2, 0.25) is 6.79 Å². The van der Waals surface area contributed by atoms with E-state index in [1.54, 1.807) is 18.2 Å². The van der Waals surface area contributed by atoms with Crippen molar-refractivity contribution in [3.8, 4) is 11.5 Å². The molecule has 0 bridgehead atoms. The molecule has 0 amide bonds. The first kappa shape index (κ1) is 13.7. The summed E-state index contributed by atoms with van der Waals surface area (Å²) < 4.78 is 10.5. The first-order chi connectivity index (χ1) is 8.96. The fourth-order valence-corrected chi connectivity index (χ4v) is 2.35. The molecule has 5 heteroatoms. The molecule has 5 nitrogen and oxygen atoms in total. The maximum Gasteiger partial charge on any atom is 0.309 e. The lowest BCUT2D eigenvalue weighted by atomic mass is 9.80. The third-order valence-electron chi connectivity index (χ3n) is 3.51. The zero-order valence-electron chi connectivity index (χ0n) is 11.0. The van der Waals surface area contributed by atoms with Crippen molar-refractivity contribution in [2.24, 2.45) is 5.92 Å². The first-order valence-corrected chi connectivity index (χ1v) is 6.32. The van der Waals surface area contributed by atoms with E-state index >= 15 is 0 Å². The summed E-state index contributed by atoms with van der Waals surface area (Å²) in [6.45, 7) is 3.57. The van der Waals surface area contributed by atoms with Crippen LogP contribution in [0.5, 0.6) is 11.5 Å². The molecule has 1 aliphatic rings. The highest BCUT2D eigenvalue weighted by Crippen LogP contribution is 2.39. The maximum atomic E-state index is 11.3. The van der Waals surface area contributed by atoms with Crippen LogP contribution in [0.1, 0.15) is 32.3 Å². The van der Waals surface area contributed by atoms with Crippen LogP contribution < -0.4 is 9.47 Å². The molecule has 2 atom stereocenters. The highest BCUT2D eigenvalue weighted by atomic mass is 16.7. The second-order valence-electron chi connectivity index (χ2n) is 4.90. The first-order valence-electron chi connectivity index (χ1n) is 6.32. The van der Waals surface area contributed by atoms with Gasteiger partial charge in [0.05, 0.1) is 5.92 Å². The molecule has 1 aliphatic heterocycles. The van der Waals surface area contributed by atoms with E-state index in [1.807, 2.05) is 6.92 Å². The minimum absolute atomic E-state index is 0.151. The third kappa shape index (κ3) is 2.51. The van der Waals surface area contributed by atoms with E-state index in [1.165, 1.54) is 6.92 Å². The van der Waals surface area contributed by atoms with E-state index < -0.39 is 17.5 Å². The summed E-state index contributed by atoms with van der Waals surface area (Å²) in [6, 6.07) is 5.02. The van der Waals surface area contributed by atoms with Crippen molar-refractivity contribution < 1.29 is 24.5 Å². The smallest absolute Gasteiger partial charge is 0.309 e. The highest BCUT2D eigenvalue weighted by Gasteiger charge is 2.39. The zero-order chi connectivity index (χ0) is 14.0. The molecule has 0 saturated carbocycles. The topological polar surface area (TPSA) is 76.0 Å². The molecule has 19 heavy (non-hydrogen) atoms. The van der Waals surface area contributed by atoms with Crippen LogP contribution in [0.3, 0.4) is 0 Å². The third-order valence-corrected chi connectivity index (χ3v) is 3.51. The number of fused-ring (bicyclic) bond motifs is 1. The number of ether oxygens (including phenoxy) is 2. The Kier molecular flexibility index (Phi) is 3.66. The van der Waals surface area contributed by atoms with Gasteiger partial charge in [-0.3, -0.25) is 4.79 Å². The van der Waals surface area contributed by atoms with Gasteiger partial charge in [0.1, 0.15) is 5.60 Å². The summed E-state index contributed by atoms with van der Waals surface area (Å²) in [5, 5.41) is 19.9. The predicted octanol–water partition coefficient (Wildman–Crippen LogP) is 2.12. The molecule has 0 aromatic heterocycles. The molecular weight excluding hydrogens is 248 g/mol. The lowest BCUT2D eigenvalue weighted by Gasteiger charge is -2.30. The van der Waals surface area contributed by atoms with E-state index in [0.29, 0.717) is 29.9 Å². The predicted molar refractivity (Wildman–Crippen MR) is 68.2 cm³/mol. The number of rotatable bonds is 5. The summed E-state index contributed by atoms with van der Waals surface area (Å²) in [5.74, 6) is -0.692. The molecule has 1 heterocycles. The Morgan fingerprint density at radius 2 is 2.11 bits per heavy atom. The molecule has 0 saturated heterocycles. The van der Waals surface area contributed by atoms with Gasteiger partial charge >= 0.3 is 5.97 Å². The van der Waals surface area contributed by atoms with E-state index in [-0.39, 0.29) is 6.79 Å². The Morgan fingerprint density at radius 3 is 2.74 bits per heavy atom. The largest absolute Gasteiger partial charge is 0.481 e. The molecule has 0 fully saturated rings. The van der Waals surface area contributed by atoms with Crippen LogP contribution in [0.2, 0.25) is 0 Å². The number of carboxylic acids is 1. The van der Waals surface area contributed by atoms with Crippen LogP contribution >= 0.6 is 0 Å². The maximum absolute atomic E-state index is 11.3. The van der Waals surface area contributed by atoms with Gasteiger partial charge in [-0.05, 0) is 31.0 Å². The number of benzene rings is 1. The number of hydrogen-bond acceptors (Lipinski definition) is 4. The van der Waals surface area contributed by atoms with E-state index in [4.69, 9.17) is 9.47 Å². The van der Waals surface area contributed by atoms with Crippen molar-refractivity contribution in [2.75, 3.05) is 6.79 Å². The summed E-state index contributed by atoms with van der Waals surface area (Å²) in [4.78, 5) is 11.3. The van der Waals surface area contributed by atoms with Crippen LogP contribution in [-0.4, -0.2) is 23.0 Å². The molecule has 2 unspecified atom stereocenters. The Morgan fingerprint density at radius 1 is 1.42 bits per heavy atom. The van der Waals surface area contributed by atoms with Gasteiger partial charge in [-0.15, -0.1) is 0 Å². The van der Waals surface area contributed by atoms with Gasteiger partial charge in [-0.2, -0.15) is 0 Å². The average Bonchev–Trinajstić information content (AvgIpc) is 2.82. The molecule has 104 valence electrons. The molecule has 0 radical (unpaired) electrons. The number of hydrogen-bond donors (Lipinski definition) is 2. The summed E-state index contributed by atoms with van der Waals surface area (Å²) >= 11 is 0. The molecule has 1 aromatic rings. The van der Waals surface area contributed by atoms with Crippen molar-refractivity contribution in [3.63, 3.8) is 0 Å². The zero-order valence-corrected chi connectivity index (χ0v) is 11.0. The van der Waals surface area contributed by atoms with Crippen LogP contribution in [-0.2, 0) is 10.4 Å². The quantitative estimate of drug-likeness (QED) is 0.853. The van der Waals surface area contributed by atoms with Gasteiger partial charge < -0.3 is 19.7 Å². The van der Waals surface area contributed by atoms with Gasteiger partial charge in [0, 0.05) is 0 Å². The number of aliphatic hydroxyl groups is 1. The van der Waals surface area contributed by atoms with Gasteiger partial charge in [-0.1, -0.05) is 19.4 Å². The Balaban J connectivity index is 2.34. The van der Waals surface area contributed by atoms with Crippen molar-refractivity contribution >= 4 is 5.97 Å². The lowest BCUT2D eigenvalue weighted by Crippen LogP contribution is -2.37. The van der Waals surface area contributed by atoms with Crippen LogP contribution in [0.25, 0.3) is 0 Å². The van der Waals surface area contributed by atoms with Crippen LogP contribution in [0.4, 0.5) is 0 Å². The molecule has 0 aliphatic carbocycles. The van der Waals surface area contributed by atoms with Crippen LogP contribution in [0, 0.1) is 5.92 Å². The SMILES string of the molecule is CCCC(C(=O)O)C(C)(O)c1ccc2c(c1)OCO2. The summed E-state index contributed by atoms with van der Waals surface area (Å²) in [6.07, 6.45) is 1.11. The van der Waals surface area contributed by atoms with E-state index in [0.717, 1.165) is 0 Å². The van der Waals surface area contributed by atoms with Crippen LogP contribution in [0.15, 0.2) is 18.2 Å². The fraction of sp³-hybridized carbons (Fsp3) is 0.500. The monoisotopic (exact) mass is 266 g/mol. The Bertz CT molecular complexity index is 481. The fourth-order valence-electron chi connectivity index (χ4n) is 2.35. The van der Waals surface area contributed by atoms with E-state index in [2.05, 4.69) is 0 Å². The standard InChI is InChI=1S/C14H18O5/c1-3-4-10(13(15)16)14(2,17)9-5-6-11-12(7-9)19-8-18-11/h5-7,10,17H,3-4,8H2,1-2H3,(H,15,16). The molecule has 2 rings (SSSR count). The highest BCUT2D eigenvalue weighted by molar-refractivity contribution is 5.72. The minimum Gasteiger partial charge on any atom is -0.481 e. The Labute approximate surface area is 111 Å². The van der Waals surface area contributed by atoms with Crippen molar-refractivity contribution in [1.29, 1.82) is 0 Å². The Hall–Kier alpha value is -1.75. The second-order valence-corrected chi connectivity index (χ2v) is 4.90. The van der Waals surface area contributed by atoms with Gasteiger partial charge in [0.15, 0.2) is 11.5 Å². The lowest BCUT2D eigenvalue weighted by molar-refractivity contribution is -0.152. The molecular formula is C14H18O5.